The molecule has 0 N–H and O–H groups in total. The zero-order valence-corrected chi connectivity index (χ0v) is 12.7. The smallest absolute Gasteiger partial charge is 0.336 e. The number of carbonyl (C=O) groups is 2. The Labute approximate surface area is 128 Å². The Hall–Kier alpha value is -1.81. The van der Waals surface area contributed by atoms with Crippen molar-refractivity contribution in [1.29, 1.82) is 0 Å². The number of ether oxygens (including phenoxy) is 1. The maximum atomic E-state index is 12.3. The fraction of sp³-hybridized carbons (Fsp3) is 0.375. The van der Waals surface area contributed by atoms with E-state index in [1.165, 1.54) is 0 Å². The van der Waals surface area contributed by atoms with Gasteiger partial charge in [0.1, 0.15) is 0 Å². The van der Waals surface area contributed by atoms with E-state index in [1.807, 2.05) is 13.0 Å². The summed E-state index contributed by atoms with van der Waals surface area (Å²) in [6.45, 7) is 3.99. The van der Waals surface area contributed by atoms with Gasteiger partial charge in [-0.2, -0.15) is 0 Å². The summed E-state index contributed by atoms with van der Waals surface area (Å²) in [5.41, 5.74) is 3.09. The Balaban J connectivity index is 2.20. The minimum atomic E-state index is -0.342. The van der Waals surface area contributed by atoms with Gasteiger partial charge in [0.2, 0.25) is 5.91 Å². The first-order valence-corrected chi connectivity index (χ1v) is 7.42. The Morgan fingerprint density at radius 3 is 2.95 bits per heavy atom. The van der Waals surface area contributed by atoms with Crippen LogP contribution in [0.4, 0.5) is 5.69 Å². The molecule has 1 unspecified atom stereocenters. The van der Waals surface area contributed by atoms with Crippen molar-refractivity contribution in [2.75, 3.05) is 11.5 Å². The highest BCUT2D eigenvalue weighted by Gasteiger charge is 2.42. The highest BCUT2D eigenvalue weighted by atomic mass is 35.5. The van der Waals surface area contributed by atoms with Gasteiger partial charge in [0, 0.05) is 17.0 Å². The number of hydrogen-bond donors (Lipinski definition) is 0. The molecule has 1 atom stereocenters. The van der Waals surface area contributed by atoms with Gasteiger partial charge in [-0.1, -0.05) is 11.6 Å². The zero-order valence-electron chi connectivity index (χ0n) is 12.0. The van der Waals surface area contributed by atoms with Gasteiger partial charge in [-0.05, 0) is 44.0 Å². The molecule has 1 saturated heterocycles. The van der Waals surface area contributed by atoms with Gasteiger partial charge in [-0.15, -0.1) is 0 Å². The Bertz CT molecular complexity index is 665. The molecular formula is C16H16ClNO3. The summed E-state index contributed by atoms with van der Waals surface area (Å²) in [6, 6.07) is 5.20. The van der Waals surface area contributed by atoms with Crippen molar-refractivity contribution in [2.24, 2.45) is 0 Å². The molecular weight excluding hydrogens is 290 g/mol. The molecule has 21 heavy (non-hydrogen) atoms. The van der Waals surface area contributed by atoms with Gasteiger partial charge < -0.3 is 9.64 Å². The van der Waals surface area contributed by atoms with Crippen LogP contribution in [0.5, 0.6) is 0 Å². The minimum Gasteiger partial charge on any atom is -0.463 e. The van der Waals surface area contributed by atoms with Crippen LogP contribution in [0.2, 0.25) is 5.02 Å². The van der Waals surface area contributed by atoms with Gasteiger partial charge in [0.25, 0.3) is 0 Å². The normalized spacial score (nSPS) is 20.4. The standard InChI is InChI=1S/C16H16ClNO3/c1-3-21-16(20)15-9(2)11-8-10(17)4-5-12(11)18-13(15)6-7-14(18)19/h4-5,8,13H,3,6-7H2,1-2H3. The first kappa shape index (κ1) is 14.1. The van der Waals surface area contributed by atoms with E-state index in [0.29, 0.717) is 30.0 Å². The summed E-state index contributed by atoms with van der Waals surface area (Å²) in [7, 11) is 0. The maximum absolute atomic E-state index is 12.3. The van der Waals surface area contributed by atoms with E-state index in [0.717, 1.165) is 16.8 Å². The molecule has 2 heterocycles. The second-order valence-corrected chi connectivity index (χ2v) is 5.68. The Morgan fingerprint density at radius 2 is 2.24 bits per heavy atom. The second kappa shape index (κ2) is 5.19. The lowest BCUT2D eigenvalue weighted by molar-refractivity contribution is -0.138. The summed E-state index contributed by atoms with van der Waals surface area (Å²) in [4.78, 5) is 26.2. The number of fused-ring (bicyclic) bond motifs is 3. The number of benzene rings is 1. The molecule has 0 aliphatic carbocycles. The first-order chi connectivity index (χ1) is 10.0. The highest BCUT2D eigenvalue weighted by molar-refractivity contribution is 6.31. The van der Waals surface area contributed by atoms with E-state index in [9.17, 15) is 9.59 Å². The van der Waals surface area contributed by atoms with Crippen LogP contribution in [0.15, 0.2) is 23.8 Å². The molecule has 3 rings (SSSR count). The van der Waals surface area contributed by atoms with Gasteiger partial charge in [0.15, 0.2) is 0 Å². The van der Waals surface area contributed by atoms with Crippen molar-refractivity contribution in [2.45, 2.75) is 32.7 Å². The number of hydrogen-bond acceptors (Lipinski definition) is 3. The molecule has 0 spiro atoms. The van der Waals surface area contributed by atoms with Crippen LogP contribution in [0.25, 0.3) is 5.57 Å². The largest absolute Gasteiger partial charge is 0.463 e. The molecule has 0 bridgehead atoms. The summed E-state index contributed by atoms with van der Waals surface area (Å²) in [5.74, 6) is -0.303. The van der Waals surface area contributed by atoms with Crippen LogP contribution < -0.4 is 4.90 Å². The van der Waals surface area contributed by atoms with Crippen molar-refractivity contribution in [3.8, 4) is 0 Å². The molecule has 0 aromatic heterocycles. The number of amides is 1. The third-order valence-electron chi connectivity index (χ3n) is 4.07. The van der Waals surface area contributed by atoms with Crippen molar-refractivity contribution < 1.29 is 14.3 Å². The van der Waals surface area contributed by atoms with Crippen LogP contribution in [0.3, 0.4) is 0 Å². The van der Waals surface area contributed by atoms with Gasteiger partial charge >= 0.3 is 5.97 Å². The summed E-state index contributed by atoms with van der Waals surface area (Å²) >= 11 is 6.07. The number of halogens is 1. The fourth-order valence-corrected chi connectivity index (χ4v) is 3.34. The van der Waals surface area contributed by atoms with Crippen molar-refractivity contribution in [3.05, 3.63) is 34.4 Å². The Morgan fingerprint density at radius 1 is 1.48 bits per heavy atom. The van der Waals surface area contributed by atoms with Gasteiger partial charge in [0.05, 0.1) is 23.9 Å². The molecule has 1 amide bonds. The van der Waals surface area contributed by atoms with Gasteiger partial charge in [-0.25, -0.2) is 4.79 Å². The number of carbonyl (C=O) groups excluding carboxylic acids is 2. The van der Waals surface area contributed by atoms with Crippen LogP contribution in [0, 0.1) is 0 Å². The van der Waals surface area contributed by atoms with Crippen molar-refractivity contribution in [3.63, 3.8) is 0 Å². The third-order valence-corrected chi connectivity index (χ3v) is 4.30. The van der Waals surface area contributed by atoms with E-state index in [4.69, 9.17) is 16.3 Å². The van der Waals surface area contributed by atoms with Crippen molar-refractivity contribution >= 4 is 34.7 Å². The highest BCUT2D eigenvalue weighted by Crippen LogP contribution is 2.43. The van der Waals surface area contributed by atoms with Crippen LogP contribution in [-0.2, 0) is 14.3 Å². The van der Waals surface area contributed by atoms with E-state index < -0.39 is 0 Å². The van der Waals surface area contributed by atoms with Crippen LogP contribution >= 0.6 is 11.6 Å². The maximum Gasteiger partial charge on any atom is 0.336 e. The third kappa shape index (κ3) is 2.14. The minimum absolute atomic E-state index is 0.0397. The first-order valence-electron chi connectivity index (χ1n) is 7.04. The summed E-state index contributed by atoms with van der Waals surface area (Å²) in [5, 5.41) is 0.585. The Kier molecular flexibility index (Phi) is 3.49. The molecule has 4 nitrogen and oxygen atoms in total. The molecule has 2 aliphatic heterocycles. The zero-order chi connectivity index (χ0) is 15.1. The average Bonchev–Trinajstić information content (AvgIpc) is 2.81. The van der Waals surface area contributed by atoms with Crippen LogP contribution in [-0.4, -0.2) is 24.5 Å². The quantitative estimate of drug-likeness (QED) is 0.788. The number of nitrogens with zero attached hydrogens (tertiary/aromatic N) is 1. The second-order valence-electron chi connectivity index (χ2n) is 5.24. The number of rotatable bonds is 2. The number of esters is 1. The monoisotopic (exact) mass is 305 g/mol. The van der Waals surface area contributed by atoms with E-state index in [1.54, 1.807) is 24.0 Å². The van der Waals surface area contributed by atoms with Gasteiger partial charge in [-0.3, -0.25) is 4.79 Å². The SMILES string of the molecule is CCOC(=O)C1=C(C)c2cc(Cl)ccc2N2C(=O)CCC12. The average molecular weight is 306 g/mol. The lowest BCUT2D eigenvalue weighted by Gasteiger charge is -2.34. The summed E-state index contributed by atoms with van der Waals surface area (Å²) in [6.07, 6.45) is 1.09. The molecule has 110 valence electrons. The fourth-order valence-electron chi connectivity index (χ4n) is 3.17. The molecule has 0 saturated carbocycles. The molecule has 0 radical (unpaired) electrons. The lowest BCUT2D eigenvalue weighted by atomic mass is 9.89. The molecule has 1 fully saturated rings. The van der Waals surface area contributed by atoms with E-state index in [2.05, 4.69) is 0 Å². The molecule has 1 aromatic carbocycles. The molecule has 5 heteroatoms. The van der Waals surface area contributed by atoms with Crippen molar-refractivity contribution in [1.82, 2.24) is 0 Å². The van der Waals surface area contributed by atoms with Crippen LogP contribution in [0.1, 0.15) is 32.3 Å². The predicted molar refractivity (Wildman–Crippen MR) is 81.2 cm³/mol. The topological polar surface area (TPSA) is 46.6 Å². The summed E-state index contributed by atoms with van der Waals surface area (Å²) < 4.78 is 5.17. The number of allylic oxidation sites excluding steroid dienone is 1. The van der Waals surface area contributed by atoms with E-state index in [-0.39, 0.29) is 17.9 Å². The number of anilines is 1. The molecule has 2 aliphatic rings. The van der Waals surface area contributed by atoms with E-state index >= 15 is 0 Å². The predicted octanol–water partition coefficient (Wildman–Crippen LogP) is 3.19. The molecule has 1 aromatic rings. The lowest BCUT2D eigenvalue weighted by Crippen LogP contribution is -2.40.